The number of hydrogen-bond acceptors (Lipinski definition) is 8. The van der Waals surface area contributed by atoms with Crippen LogP contribution in [0.15, 0.2) is 87.2 Å². The molecule has 210 valence electrons. The van der Waals surface area contributed by atoms with E-state index in [1.54, 1.807) is 27.7 Å². The van der Waals surface area contributed by atoms with Gasteiger partial charge in [0.25, 0.3) is 11.4 Å². The Morgan fingerprint density at radius 3 is 1.32 bits per heavy atom. The van der Waals surface area contributed by atoms with Crippen LogP contribution >= 0.6 is 0 Å². The minimum Gasteiger partial charge on any atom is -0.258 e. The normalized spacial score (nSPS) is 11.0. The van der Waals surface area contributed by atoms with Crippen LogP contribution in [-0.4, -0.2) is 9.85 Å². The van der Waals surface area contributed by atoms with Gasteiger partial charge in [0.05, 0.1) is 32.6 Å². The second kappa shape index (κ2) is 13.3. The molecule has 0 unspecified atom stereocenters. The Hall–Kier alpha value is -5.12. The predicted octanol–water partition coefficient (Wildman–Crippen LogP) is 10.2. The lowest BCUT2D eigenvalue weighted by molar-refractivity contribution is -0.385. The molecule has 0 heterocycles. The number of nitro groups is 2. The number of non-ortho nitro benzene ring substituents is 2. The molecule has 0 spiro atoms. The Kier molecular flexibility index (Phi) is 9.86. The van der Waals surface area contributed by atoms with E-state index in [1.165, 1.54) is 29.8 Å². The Bertz CT molecular complexity index is 1610. The summed E-state index contributed by atoms with van der Waals surface area (Å²) in [5.41, 5.74) is 9.44. The van der Waals surface area contributed by atoms with Crippen molar-refractivity contribution in [2.45, 2.75) is 48.5 Å². The van der Waals surface area contributed by atoms with Gasteiger partial charge in [-0.05, 0) is 94.5 Å². The number of hydrogen-bond donors (Lipinski definition) is 0. The van der Waals surface area contributed by atoms with Gasteiger partial charge in [-0.2, -0.15) is 15.3 Å². The lowest BCUT2D eigenvalue weighted by atomic mass is 10.1. The first-order valence-electron chi connectivity index (χ1n) is 12.8. The zero-order valence-electron chi connectivity index (χ0n) is 24.2. The maximum Gasteiger partial charge on any atom is 0.270 e. The third-order valence-corrected chi connectivity index (χ3v) is 6.28. The van der Waals surface area contributed by atoms with Crippen molar-refractivity contribution >= 4 is 34.1 Å². The van der Waals surface area contributed by atoms with Gasteiger partial charge in [0, 0.05) is 24.3 Å². The molecule has 0 aliphatic carbocycles. The van der Waals surface area contributed by atoms with Crippen LogP contribution in [0.1, 0.15) is 38.9 Å². The minimum absolute atomic E-state index is 0.0780. The van der Waals surface area contributed by atoms with E-state index < -0.39 is 9.85 Å². The van der Waals surface area contributed by atoms with Crippen LogP contribution in [0.4, 0.5) is 34.1 Å². The van der Waals surface area contributed by atoms with Crippen LogP contribution in [0.5, 0.6) is 0 Å². The summed E-state index contributed by atoms with van der Waals surface area (Å²) in [6.45, 7) is 13.2. The van der Waals surface area contributed by atoms with Gasteiger partial charge < -0.3 is 0 Å². The standard InChI is InChI=1S/C16H17N3O2.C15H15N3O2/c1-10-5-6-15(11(2)7-10)17-18-16-12(3)8-14(19(20)21)9-13(16)4;1-10-4-6-13(7-5-10)16-17-15-11(2)8-14(18(19)20)9-12(15)3/h5-9H,1-4H3;4-9H,1-3H3. The summed E-state index contributed by atoms with van der Waals surface area (Å²) < 4.78 is 0. The zero-order chi connectivity index (χ0) is 30.3. The van der Waals surface area contributed by atoms with Crippen molar-refractivity contribution in [1.82, 2.24) is 0 Å². The number of nitro benzene ring substituents is 2. The van der Waals surface area contributed by atoms with Gasteiger partial charge >= 0.3 is 0 Å². The highest BCUT2D eigenvalue weighted by Gasteiger charge is 2.13. The summed E-state index contributed by atoms with van der Waals surface area (Å²) in [5.74, 6) is 0. The molecule has 0 saturated carbocycles. The van der Waals surface area contributed by atoms with Gasteiger partial charge in [0.15, 0.2) is 0 Å². The van der Waals surface area contributed by atoms with Gasteiger partial charge in [-0.1, -0.05) is 35.4 Å². The van der Waals surface area contributed by atoms with Crippen LogP contribution in [0, 0.1) is 68.7 Å². The molecule has 4 rings (SSSR count). The Morgan fingerprint density at radius 2 is 0.902 bits per heavy atom. The molecular formula is C31H32N6O4. The van der Waals surface area contributed by atoms with E-state index in [1.807, 2.05) is 63.2 Å². The van der Waals surface area contributed by atoms with Crippen molar-refractivity contribution in [1.29, 1.82) is 0 Å². The van der Waals surface area contributed by atoms with Gasteiger partial charge in [-0.25, -0.2) is 0 Å². The topological polar surface area (TPSA) is 136 Å². The monoisotopic (exact) mass is 552 g/mol. The third-order valence-electron chi connectivity index (χ3n) is 6.28. The van der Waals surface area contributed by atoms with E-state index in [4.69, 9.17) is 0 Å². The highest BCUT2D eigenvalue weighted by atomic mass is 16.6. The highest BCUT2D eigenvalue weighted by molar-refractivity contribution is 5.58. The second-order valence-electron chi connectivity index (χ2n) is 9.90. The van der Waals surface area contributed by atoms with E-state index in [0.717, 1.165) is 44.8 Å². The minimum atomic E-state index is -0.402. The fourth-order valence-corrected chi connectivity index (χ4v) is 4.13. The maximum atomic E-state index is 10.8. The van der Waals surface area contributed by atoms with Crippen LogP contribution in [0.25, 0.3) is 0 Å². The van der Waals surface area contributed by atoms with Crippen molar-refractivity contribution < 1.29 is 9.85 Å². The molecule has 4 aromatic carbocycles. The Balaban J connectivity index is 0.000000226. The largest absolute Gasteiger partial charge is 0.270 e. The quantitative estimate of drug-likeness (QED) is 0.133. The van der Waals surface area contributed by atoms with Crippen molar-refractivity contribution in [3.05, 3.63) is 126 Å². The van der Waals surface area contributed by atoms with Gasteiger partial charge in [-0.15, -0.1) is 5.11 Å². The summed E-state index contributed by atoms with van der Waals surface area (Å²) in [6, 6.07) is 19.7. The number of nitrogens with zero attached hydrogens (tertiary/aromatic N) is 6. The lowest BCUT2D eigenvalue weighted by Gasteiger charge is -2.04. The summed E-state index contributed by atoms with van der Waals surface area (Å²) in [5, 5.41) is 38.5. The molecule has 10 nitrogen and oxygen atoms in total. The Labute approximate surface area is 238 Å². The van der Waals surface area contributed by atoms with Crippen molar-refractivity contribution in [3.8, 4) is 0 Å². The number of rotatable bonds is 6. The fraction of sp³-hybridized carbons (Fsp3) is 0.226. The van der Waals surface area contributed by atoms with Gasteiger partial charge in [0.1, 0.15) is 0 Å². The van der Waals surface area contributed by atoms with E-state index in [-0.39, 0.29) is 11.4 Å². The molecule has 0 aromatic heterocycles. The molecule has 4 aromatic rings. The van der Waals surface area contributed by atoms with Crippen molar-refractivity contribution in [2.24, 2.45) is 20.5 Å². The number of azo groups is 2. The zero-order valence-corrected chi connectivity index (χ0v) is 24.2. The lowest BCUT2D eigenvalue weighted by Crippen LogP contribution is -1.90. The summed E-state index contributed by atoms with van der Waals surface area (Å²) in [7, 11) is 0. The molecule has 0 fully saturated rings. The smallest absolute Gasteiger partial charge is 0.258 e. The summed E-state index contributed by atoms with van der Waals surface area (Å²) in [4.78, 5) is 20.8. The molecule has 0 radical (unpaired) electrons. The molecule has 0 amide bonds. The summed E-state index contributed by atoms with van der Waals surface area (Å²) in [6.07, 6.45) is 0. The van der Waals surface area contributed by atoms with Crippen LogP contribution in [0.3, 0.4) is 0 Å². The fourth-order valence-electron chi connectivity index (χ4n) is 4.13. The molecule has 0 bridgehead atoms. The first kappa shape index (κ1) is 30.4. The Morgan fingerprint density at radius 1 is 0.488 bits per heavy atom. The average molecular weight is 553 g/mol. The first-order chi connectivity index (χ1) is 19.3. The van der Waals surface area contributed by atoms with E-state index in [0.29, 0.717) is 11.4 Å². The van der Waals surface area contributed by atoms with Crippen LogP contribution < -0.4 is 0 Å². The molecule has 0 N–H and O–H groups in total. The maximum absolute atomic E-state index is 10.8. The van der Waals surface area contributed by atoms with E-state index in [2.05, 4.69) is 20.5 Å². The predicted molar refractivity (Wildman–Crippen MR) is 161 cm³/mol. The number of aryl methyl sites for hydroxylation is 7. The van der Waals surface area contributed by atoms with Gasteiger partial charge in [-0.3, -0.25) is 20.2 Å². The van der Waals surface area contributed by atoms with Crippen LogP contribution in [0.2, 0.25) is 0 Å². The number of benzene rings is 4. The van der Waals surface area contributed by atoms with Crippen molar-refractivity contribution in [2.75, 3.05) is 0 Å². The van der Waals surface area contributed by atoms with E-state index in [9.17, 15) is 20.2 Å². The molecule has 0 aliphatic heterocycles. The SMILES string of the molecule is Cc1ccc(N=Nc2c(C)cc([N+](=O)[O-])cc2C)c(C)c1.Cc1ccc(N=Nc2c(C)cc([N+](=O)[O-])cc2C)cc1. The molecule has 10 heteroatoms. The second-order valence-corrected chi connectivity index (χ2v) is 9.90. The van der Waals surface area contributed by atoms with Crippen molar-refractivity contribution in [3.63, 3.8) is 0 Å². The molecule has 0 atom stereocenters. The highest BCUT2D eigenvalue weighted by Crippen LogP contribution is 2.32. The van der Waals surface area contributed by atoms with Crippen LogP contribution in [-0.2, 0) is 0 Å². The third kappa shape index (κ3) is 8.18. The molecule has 41 heavy (non-hydrogen) atoms. The molecule has 0 saturated heterocycles. The first-order valence-corrected chi connectivity index (χ1v) is 12.8. The van der Waals surface area contributed by atoms with Gasteiger partial charge in [0.2, 0.25) is 0 Å². The molecular weight excluding hydrogens is 520 g/mol. The summed E-state index contributed by atoms with van der Waals surface area (Å²) >= 11 is 0. The average Bonchev–Trinajstić information content (AvgIpc) is 2.90. The van der Waals surface area contributed by atoms with E-state index >= 15 is 0 Å². The molecule has 0 aliphatic rings.